The maximum Gasteiger partial charge on any atom is 0.191 e. The number of rotatable bonds is 6. The monoisotopic (exact) mass is 403 g/mol. The van der Waals surface area contributed by atoms with Crippen LogP contribution in [0.25, 0.3) is 0 Å². The zero-order valence-electron chi connectivity index (χ0n) is 16.4. The van der Waals surface area contributed by atoms with E-state index < -0.39 is 0 Å². The number of nitrogens with zero attached hydrogens (tertiary/aromatic N) is 3. The van der Waals surface area contributed by atoms with Crippen LogP contribution in [0.3, 0.4) is 0 Å². The highest BCUT2D eigenvalue weighted by molar-refractivity contribution is 6.32. The maximum atomic E-state index is 6.27. The summed E-state index contributed by atoms with van der Waals surface area (Å²) in [6.07, 6.45) is 2.75. The van der Waals surface area contributed by atoms with Crippen LogP contribution >= 0.6 is 11.6 Å². The highest BCUT2D eigenvalue weighted by atomic mass is 35.5. The Morgan fingerprint density at radius 2 is 2.18 bits per heavy atom. The van der Waals surface area contributed by atoms with Gasteiger partial charge in [-0.05, 0) is 30.7 Å². The molecule has 1 aliphatic heterocycles. The average molecular weight is 404 g/mol. The summed E-state index contributed by atoms with van der Waals surface area (Å²) in [6.45, 7) is 2.32. The van der Waals surface area contributed by atoms with Crippen molar-refractivity contribution in [2.75, 3.05) is 39.3 Å². The second-order valence-corrected chi connectivity index (χ2v) is 6.90. The number of benzene rings is 1. The molecule has 0 spiro atoms. The standard InChI is InChI=1S/C20H26ClN5O2/c1-22-20(24-12-14-6-7-16(27-2)11-18(14)28-3)25-15-8-10-26(13-15)19-17(21)5-4-9-23-19/h4-7,9,11,15H,8,10,12-13H2,1-3H3,(H2,22,24,25). The lowest BCUT2D eigenvalue weighted by molar-refractivity contribution is 0.390. The summed E-state index contributed by atoms with van der Waals surface area (Å²) in [5, 5.41) is 7.50. The fourth-order valence-electron chi connectivity index (χ4n) is 3.25. The molecule has 8 heteroatoms. The number of hydrogen-bond donors (Lipinski definition) is 2. The Balaban J connectivity index is 1.56. The van der Waals surface area contributed by atoms with Crippen LogP contribution in [-0.4, -0.2) is 51.3 Å². The minimum absolute atomic E-state index is 0.266. The summed E-state index contributed by atoms with van der Waals surface area (Å²) in [4.78, 5) is 10.9. The maximum absolute atomic E-state index is 6.27. The van der Waals surface area contributed by atoms with E-state index in [0.717, 1.165) is 48.4 Å². The van der Waals surface area contributed by atoms with E-state index in [1.165, 1.54) is 0 Å². The van der Waals surface area contributed by atoms with Crippen molar-refractivity contribution < 1.29 is 9.47 Å². The number of nitrogens with one attached hydrogen (secondary N) is 2. The Labute approximate surface area is 170 Å². The van der Waals surface area contributed by atoms with Crippen LogP contribution < -0.4 is 25.0 Å². The molecule has 150 valence electrons. The van der Waals surface area contributed by atoms with Crippen molar-refractivity contribution in [3.63, 3.8) is 0 Å². The molecule has 0 radical (unpaired) electrons. The van der Waals surface area contributed by atoms with Gasteiger partial charge in [0.05, 0.1) is 19.2 Å². The van der Waals surface area contributed by atoms with E-state index >= 15 is 0 Å². The van der Waals surface area contributed by atoms with Crippen molar-refractivity contribution in [2.24, 2.45) is 4.99 Å². The third-order valence-corrected chi connectivity index (χ3v) is 5.03. The van der Waals surface area contributed by atoms with Gasteiger partial charge in [-0.25, -0.2) is 4.98 Å². The number of hydrogen-bond acceptors (Lipinski definition) is 5. The van der Waals surface area contributed by atoms with E-state index in [9.17, 15) is 0 Å². The Hall–Kier alpha value is -2.67. The molecule has 1 fully saturated rings. The van der Waals surface area contributed by atoms with E-state index in [1.807, 2.05) is 30.3 Å². The third-order valence-electron chi connectivity index (χ3n) is 4.73. The number of halogens is 1. The van der Waals surface area contributed by atoms with Crippen molar-refractivity contribution in [1.29, 1.82) is 0 Å². The van der Waals surface area contributed by atoms with E-state index in [-0.39, 0.29) is 6.04 Å². The SMILES string of the molecule is CN=C(NCc1ccc(OC)cc1OC)NC1CCN(c2ncccc2Cl)C1. The highest BCUT2D eigenvalue weighted by Gasteiger charge is 2.25. The van der Waals surface area contributed by atoms with Crippen molar-refractivity contribution in [3.8, 4) is 11.5 Å². The molecule has 1 aromatic carbocycles. The van der Waals surface area contributed by atoms with Crippen molar-refractivity contribution in [2.45, 2.75) is 19.0 Å². The molecule has 1 saturated heterocycles. The predicted molar refractivity (Wildman–Crippen MR) is 113 cm³/mol. The Morgan fingerprint density at radius 3 is 2.89 bits per heavy atom. The Kier molecular flexibility index (Phi) is 6.81. The number of aromatic nitrogens is 1. The molecule has 0 saturated carbocycles. The minimum atomic E-state index is 0.266. The largest absolute Gasteiger partial charge is 0.497 e. The molecular formula is C20H26ClN5O2. The fourth-order valence-corrected chi connectivity index (χ4v) is 3.49. The van der Waals surface area contributed by atoms with Crippen molar-refractivity contribution in [3.05, 3.63) is 47.1 Å². The number of methoxy groups -OCH3 is 2. The van der Waals surface area contributed by atoms with Crippen LogP contribution in [0.1, 0.15) is 12.0 Å². The fraction of sp³-hybridized carbons (Fsp3) is 0.400. The normalized spacial score (nSPS) is 16.8. The molecule has 1 aliphatic rings. The zero-order valence-corrected chi connectivity index (χ0v) is 17.2. The van der Waals surface area contributed by atoms with Crippen LogP contribution in [0.4, 0.5) is 5.82 Å². The van der Waals surface area contributed by atoms with E-state index in [4.69, 9.17) is 21.1 Å². The van der Waals surface area contributed by atoms with Crippen LogP contribution in [-0.2, 0) is 6.54 Å². The minimum Gasteiger partial charge on any atom is -0.497 e. The first kappa shape index (κ1) is 20.1. The van der Waals surface area contributed by atoms with Gasteiger partial charge in [0.25, 0.3) is 0 Å². The molecule has 3 rings (SSSR count). The summed E-state index contributed by atoms with van der Waals surface area (Å²) in [6, 6.07) is 9.75. The lowest BCUT2D eigenvalue weighted by atomic mass is 10.2. The quantitative estimate of drug-likeness (QED) is 0.570. The molecule has 1 aromatic heterocycles. The second-order valence-electron chi connectivity index (χ2n) is 6.49. The van der Waals surface area contributed by atoms with Crippen LogP contribution in [0.2, 0.25) is 5.02 Å². The summed E-state index contributed by atoms with van der Waals surface area (Å²) in [5.41, 5.74) is 1.03. The molecule has 0 aliphatic carbocycles. The topological polar surface area (TPSA) is 71.0 Å². The third kappa shape index (κ3) is 4.78. The van der Waals surface area contributed by atoms with Gasteiger partial charge < -0.3 is 25.0 Å². The molecule has 1 unspecified atom stereocenters. The smallest absolute Gasteiger partial charge is 0.191 e. The van der Waals surface area contributed by atoms with E-state index in [0.29, 0.717) is 11.6 Å². The number of pyridine rings is 1. The van der Waals surface area contributed by atoms with Gasteiger partial charge in [0.1, 0.15) is 17.3 Å². The zero-order chi connectivity index (χ0) is 19.9. The molecule has 28 heavy (non-hydrogen) atoms. The first-order chi connectivity index (χ1) is 13.6. The van der Waals surface area contributed by atoms with Gasteiger partial charge in [0.2, 0.25) is 0 Å². The summed E-state index contributed by atoms with van der Waals surface area (Å²) < 4.78 is 10.7. The Bertz CT molecular complexity index is 830. The molecule has 0 amide bonds. The molecular weight excluding hydrogens is 378 g/mol. The lowest BCUT2D eigenvalue weighted by Crippen LogP contribution is -2.44. The summed E-state index contributed by atoms with van der Waals surface area (Å²) in [5.74, 6) is 3.12. The molecule has 7 nitrogen and oxygen atoms in total. The summed E-state index contributed by atoms with van der Waals surface area (Å²) in [7, 11) is 5.06. The molecule has 0 bridgehead atoms. The van der Waals surface area contributed by atoms with Crippen LogP contribution in [0.5, 0.6) is 11.5 Å². The number of guanidine groups is 1. The Morgan fingerprint density at radius 1 is 1.32 bits per heavy atom. The van der Waals surface area contributed by atoms with Crippen molar-refractivity contribution in [1.82, 2.24) is 15.6 Å². The van der Waals surface area contributed by atoms with Crippen LogP contribution in [0.15, 0.2) is 41.5 Å². The number of ether oxygens (including phenoxy) is 2. The van der Waals surface area contributed by atoms with Crippen molar-refractivity contribution >= 4 is 23.4 Å². The molecule has 2 heterocycles. The van der Waals surface area contributed by atoms with E-state index in [1.54, 1.807) is 27.5 Å². The van der Waals surface area contributed by atoms with Gasteiger partial charge in [-0.2, -0.15) is 0 Å². The van der Waals surface area contributed by atoms with Gasteiger partial charge in [0, 0.05) is 50.6 Å². The number of aliphatic imine (C=N–C) groups is 1. The highest BCUT2D eigenvalue weighted by Crippen LogP contribution is 2.26. The van der Waals surface area contributed by atoms with Crippen LogP contribution in [0, 0.1) is 0 Å². The molecule has 1 atom stereocenters. The number of anilines is 1. The molecule has 2 aromatic rings. The first-order valence-corrected chi connectivity index (χ1v) is 9.56. The second kappa shape index (κ2) is 9.50. The van der Waals surface area contributed by atoms with Gasteiger partial charge >= 0.3 is 0 Å². The first-order valence-electron chi connectivity index (χ1n) is 9.18. The van der Waals surface area contributed by atoms with Gasteiger partial charge in [-0.3, -0.25) is 4.99 Å². The summed E-state index contributed by atoms with van der Waals surface area (Å²) >= 11 is 6.27. The van der Waals surface area contributed by atoms with E-state index in [2.05, 4.69) is 25.5 Å². The van der Waals surface area contributed by atoms with Gasteiger partial charge in [-0.1, -0.05) is 11.6 Å². The predicted octanol–water partition coefficient (Wildman–Crippen LogP) is 2.70. The van der Waals surface area contributed by atoms with Gasteiger partial charge in [-0.15, -0.1) is 0 Å². The average Bonchev–Trinajstić information content (AvgIpc) is 3.19. The van der Waals surface area contributed by atoms with Gasteiger partial charge in [0.15, 0.2) is 5.96 Å². The molecule has 2 N–H and O–H groups in total. The lowest BCUT2D eigenvalue weighted by Gasteiger charge is -2.20.